The molecule has 0 aromatic heterocycles. The molecule has 1 aliphatic rings. The Kier molecular flexibility index (Phi) is 7.11. The van der Waals surface area contributed by atoms with Crippen LogP contribution in [0, 0.1) is 23.1 Å². The fourth-order valence-corrected chi connectivity index (χ4v) is 3.69. The Morgan fingerprint density at radius 1 is 1.25 bits per heavy atom. The van der Waals surface area contributed by atoms with Crippen molar-refractivity contribution < 1.29 is 14.0 Å². The summed E-state index contributed by atoms with van der Waals surface area (Å²) in [7, 11) is 0. The zero-order valence-electron chi connectivity index (χ0n) is 18.0. The minimum atomic E-state index is -1.00. The van der Waals surface area contributed by atoms with Crippen molar-refractivity contribution in [3.63, 3.8) is 0 Å². The SMILES string of the molecule is CC(C)C(C)(C#N)NC(=O)CSC1=NC(=Cc2ccccc2)C(=O)N1c1ccc(F)cc1. The van der Waals surface area contributed by atoms with Crippen molar-refractivity contribution in [3.8, 4) is 6.07 Å². The number of nitrogens with zero attached hydrogens (tertiary/aromatic N) is 3. The molecule has 2 amide bonds. The second-order valence-corrected chi connectivity index (χ2v) is 8.70. The first-order valence-electron chi connectivity index (χ1n) is 10.0. The predicted molar refractivity (Wildman–Crippen MR) is 125 cm³/mol. The number of carbonyl (C=O) groups is 2. The molecule has 0 aliphatic carbocycles. The van der Waals surface area contributed by atoms with E-state index < -0.39 is 11.4 Å². The molecule has 8 heteroatoms. The molecule has 164 valence electrons. The number of hydrogen-bond donors (Lipinski definition) is 1. The molecule has 0 saturated heterocycles. The molecule has 2 aromatic rings. The topological polar surface area (TPSA) is 85.6 Å². The number of rotatable bonds is 6. The number of nitrogens with one attached hydrogen (secondary N) is 1. The maximum atomic E-state index is 13.4. The van der Waals surface area contributed by atoms with E-state index in [1.54, 1.807) is 13.0 Å². The number of halogens is 1. The van der Waals surface area contributed by atoms with Gasteiger partial charge in [-0.05, 0) is 48.7 Å². The van der Waals surface area contributed by atoms with Gasteiger partial charge in [-0.2, -0.15) is 5.26 Å². The summed E-state index contributed by atoms with van der Waals surface area (Å²) in [6.45, 7) is 5.38. The van der Waals surface area contributed by atoms with Crippen LogP contribution in [0.2, 0.25) is 0 Å². The van der Waals surface area contributed by atoms with Crippen molar-refractivity contribution in [2.24, 2.45) is 10.9 Å². The molecule has 3 rings (SSSR count). The number of benzene rings is 2. The van der Waals surface area contributed by atoms with E-state index in [1.165, 1.54) is 29.2 Å². The first kappa shape index (κ1) is 23.2. The Labute approximate surface area is 190 Å². The average molecular weight is 451 g/mol. The number of thioether (sulfide) groups is 1. The maximum absolute atomic E-state index is 13.4. The number of amidine groups is 1. The molecule has 0 radical (unpaired) electrons. The molecule has 0 spiro atoms. The lowest BCUT2D eigenvalue weighted by Gasteiger charge is -2.27. The third-order valence-corrected chi connectivity index (χ3v) is 6.07. The monoisotopic (exact) mass is 450 g/mol. The van der Waals surface area contributed by atoms with Gasteiger partial charge in [0.1, 0.15) is 17.1 Å². The van der Waals surface area contributed by atoms with Gasteiger partial charge in [-0.25, -0.2) is 9.38 Å². The quantitative estimate of drug-likeness (QED) is 0.663. The van der Waals surface area contributed by atoms with E-state index in [1.807, 2.05) is 44.2 Å². The molecule has 1 N–H and O–H groups in total. The van der Waals surface area contributed by atoms with Gasteiger partial charge < -0.3 is 5.32 Å². The van der Waals surface area contributed by atoms with Crippen molar-refractivity contribution >= 4 is 40.5 Å². The second kappa shape index (κ2) is 9.79. The van der Waals surface area contributed by atoms with E-state index in [0.717, 1.165) is 17.3 Å². The fourth-order valence-electron chi connectivity index (χ4n) is 2.88. The lowest BCUT2D eigenvalue weighted by molar-refractivity contribution is -0.120. The highest BCUT2D eigenvalue weighted by Crippen LogP contribution is 2.29. The van der Waals surface area contributed by atoms with Gasteiger partial charge in [-0.15, -0.1) is 0 Å². The fraction of sp³-hybridized carbons (Fsp3) is 0.250. The minimum Gasteiger partial charge on any atom is -0.337 e. The number of hydrogen-bond acceptors (Lipinski definition) is 5. The van der Waals surface area contributed by atoms with Gasteiger partial charge in [-0.1, -0.05) is 55.9 Å². The van der Waals surface area contributed by atoms with Gasteiger partial charge in [-0.3, -0.25) is 14.5 Å². The van der Waals surface area contributed by atoms with Crippen LogP contribution in [-0.2, 0) is 9.59 Å². The van der Waals surface area contributed by atoms with E-state index in [-0.39, 0.29) is 29.2 Å². The van der Waals surface area contributed by atoms with Crippen LogP contribution < -0.4 is 10.2 Å². The van der Waals surface area contributed by atoms with E-state index in [0.29, 0.717) is 10.9 Å². The summed E-state index contributed by atoms with van der Waals surface area (Å²) >= 11 is 1.08. The highest BCUT2D eigenvalue weighted by Gasteiger charge is 2.34. The van der Waals surface area contributed by atoms with Gasteiger partial charge in [0.05, 0.1) is 17.5 Å². The van der Waals surface area contributed by atoms with Crippen LogP contribution in [0.15, 0.2) is 65.3 Å². The van der Waals surface area contributed by atoms with Crippen LogP contribution in [0.25, 0.3) is 6.08 Å². The second-order valence-electron chi connectivity index (χ2n) is 7.76. The minimum absolute atomic E-state index is 0.0353. The Hall–Kier alpha value is -3.44. The van der Waals surface area contributed by atoms with Crippen molar-refractivity contribution in [2.75, 3.05) is 10.7 Å². The number of amides is 2. The first-order chi connectivity index (χ1) is 15.2. The molecule has 1 unspecified atom stereocenters. The lowest BCUT2D eigenvalue weighted by Crippen LogP contribution is -2.49. The molecule has 0 fully saturated rings. The van der Waals surface area contributed by atoms with Crippen molar-refractivity contribution in [3.05, 3.63) is 71.7 Å². The Morgan fingerprint density at radius 2 is 1.91 bits per heavy atom. The normalized spacial score (nSPS) is 16.6. The zero-order valence-corrected chi connectivity index (χ0v) is 18.8. The first-order valence-corrected chi connectivity index (χ1v) is 11.0. The maximum Gasteiger partial charge on any atom is 0.283 e. The van der Waals surface area contributed by atoms with Gasteiger partial charge in [0.25, 0.3) is 5.91 Å². The smallest absolute Gasteiger partial charge is 0.283 e. The molecule has 1 heterocycles. The van der Waals surface area contributed by atoms with Crippen LogP contribution in [0.3, 0.4) is 0 Å². The van der Waals surface area contributed by atoms with Gasteiger partial charge in [0.2, 0.25) is 5.91 Å². The Bertz CT molecular complexity index is 1110. The molecule has 32 heavy (non-hydrogen) atoms. The van der Waals surface area contributed by atoms with Crippen molar-refractivity contribution in [2.45, 2.75) is 26.3 Å². The number of carbonyl (C=O) groups excluding carboxylic acids is 2. The summed E-state index contributed by atoms with van der Waals surface area (Å²) in [6.07, 6.45) is 1.66. The number of nitriles is 1. The third kappa shape index (κ3) is 5.24. The van der Waals surface area contributed by atoms with Crippen molar-refractivity contribution in [1.82, 2.24) is 5.32 Å². The summed E-state index contributed by atoms with van der Waals surface area (Å²) in [5.41, 5.74) is 0.473. The molecule has 0 bridgehead atoms. The highest BCUT2D eigenvalue weighted by atomic mass is 32.2. The zero-order chi connectivity index (χ0) is 23.3. The van der Waals surface area contributed by atoms with Crippen LogP contribution in [-0.4, -0.2) is 28.3 Å². The molecular weight excluding hydrogens is 427 g/mol. The largest absolute Gasteiger partial charge is 0.337 e. The van der Waals surface area contributed by atoms with Gasteiger partial charge >= 0.3 is 0 Å². The molecule has 1 aliphatic heterocycles. The third-order valence-electron chi connectivity index (χ3n) is 5.14. The predicted octanol–water partition coefficient (Wildman–Crippen LogP) is 4.36. The summed E-state index contributed by atoms with van der Waals surface area (Å²) in [4.78, 5) is 31.4. The average Bonchev–Trinajstić information content (AvgIpc) is 3.08. The molecular formula is C24H23FN4O2S. The van der Waals surface area contributed by atoms with Crippen molar-refractivity contribution in [1.29, 1.82) is 5.26 Å². The number of anilines is 1. The van der Waals surface area contributed by atoms with Gasteiger partial charge in [0.15, 0.2) is 5.17 Å². The lowest BCUT2D eigenvalue weighted by atomic mass is 9.90. The van der Waals surface area contributed by atoms with Crippen LogP contribution in [0.4, 0.5) is 10.1 Å². The summed E-state index contributed by atoms with van der Waals surface area (Å²) in [5.74, 6) is -1.25. The summed E-state index contributed by atoms with van der Waals surface area (Å²) < 4.78 is 13.4. The van der Waals surface area contributed by atoms with E-state index in [2.05, 4.69) is 16.4 Å². The number of aliphatic imine (C=N–C) groups is 1. The van der Waals surface area contributed by atoms with Crippen LogP contribution in [0.1, 0.15) is 26.3 Å². The summed E-state index contributed by atoms with van der Waals surface area (Å²) in [5, 5.41) is 12.5. The van der Waals surface area contributed by atoms with E-state index in [9.17, 15) is 19.2 Å². The Balaban J connectivity index is 1.85. The van der Waals surface area contributed by atoms with E-state index in [4.69, 9.17) is 0 Å². The standard InChI is InChI=1S/C24H23FN4O2S/c1-16(2)24(3,15-26)28-21(30)14-32-23-27-20(13-17-7-5-4-6-8-17)22(31)29(23)19-11-9-18(25)10-12-19/h4-13,16H,14H2,1-3H3,(H,28,30). The molecule has 2 aromatic carbocycles. The highest BCUT2D eigenvalue weighted by molar-refractivity contribution is 8.14. The van der Waals surface area contributed by atoms with Gasteiger partial charge in [0, 0.05) is 0 Å². The van der Waals surface area contributed by atoms with Crippen LogP contribution in [0.5, 0.6) is 0 Å². The molecule has 0 saturated carbocycles. The summed E-state index contributed by atoms with van der Waals surface area (Å²) in [6, 6.07) is 16.9. The van der Waals surface area contributed by atoms with E-state index >= 15 is 0 Å². The molecule has 6 nitrogen and oxygen atoms in total. The molecule has 1 atom stereocenters. The van der Waals surface area contributed by atoms with Crippen LogP contribution >= 0.6 is 11.8 Å². The Morgan fingerprint density at radius 3 is 2.50 bits per heavy atom.